The molecule has 3 aromatic rings. The van der Waals surface area contributed by atoms with E-state index in [-0.39, 0.29) is 28.4 Å². The number of pyridine rings is 2. The summed E-state index contributed by atoms with van der Waals surface area (Å²) in [5.74, 6) is 0.252. The molecule has 1 aromatic carbocycles. The molecule has 1 saturated carbocycles. The molecular weight excluding hydrogens is 509 g/mol. The van der Waals surface area contributed by atoms with Gasteiger partial charge >= 0.3 is 0 Å². The highest BCUT2D eigenvalue weighted by Crippen LogP contribution is 2.41. The van der Waals surface area contributed by atoms with Crippen LogP contribution in [0.4, 0.5) is 16.0 Å². The molecule has 0 unspecified atom stereocenters. The average molecular weight is 540 g/mol. The van der Waals surface area contributed by atoms with Gasteiger partial charge < -0.3 is 15.4 Å². The molecule has 1 saturated heterocycles. The van der Waals surface area contributed by atoms with Gasteiger partial charge in [-0.05, 0) is 67.5 Å². The maximum atomic E-state index is 14.5. The standard InChI is InChI=1S/C27H30FN5O4S/c1-16(2)15-37-21-12-18(11-19(28)13-21)23-9-8-22(26(30-23)33-14-17-6-7-20(33)10-17)27(34)32-38(35,36)25-5-3-4-24(29)31-25/h3-5,8-9,11-13,16-17,20H,6-7,10,14-15H2,1-2H3,(H2,29,31)(H,32,34)/t17-,20+/m0/s1. The number of piperidine rings is 1. The summed E-state index contributed by atoms with van der Waals surface area (Å²) in [5, 5.41) is -0.356. The Morgan fingerprint density at radius 3 is 2.68 bits per heavy atom. The summed E-state index contributed by atoms with van der Waals surface area (Å²) in [4.78, 5) is 24.0. The highest BCUT2D eigenvalue weighted by Gasteiger charge is 2.40. The molecule has 1 aliphatic carbocycles. The summed E-state index contributed by atoms with van der Waals surface area (Å²) in [5.41, 5.74) is 6.69. The fraction of sp³-hybridized carbons (Fsp3) is 0.370. The number of nitrogens with zero attached hydrogens (tertiary/aromatic N) is 3. The number of nitrogen functional groups attached to an aromatic ring is 1. The van der Waals surface area contributed by atoms with Crippen molar-refractivity contribution in [2.45, 2.75) is 44.2 Å². The molecular formula is C27H30FN5O4S. The molecule has 11 heteroatoms. The lowest BCUT2D eigenvalue weighted by Crippen LogP contribution is -2.37. The van der Waals surface area contributed by atoms with E-state index in [1.165, 1.54) is 36.4 Å². The number of anilines is 2. The quantitative estimate of drug-likeness (QED) is 0.440. The van der Waals surface area contributed by atoms with Crippen LogP contribution in [-0.4, -0.2) is 43.5 Å². The first-order chi connectivity index (χ1) is 18.1. The molecule has 0 radical (unpaired) electrons. The van der Waals surface area contributed by atoms with E-state index in [1.807, 2.05) is 13.8 Å². The third kappa shape index (κ3) is 5.42. The van der Waals surface area contributed by atoms with E-state index in [0.29, 0.717) is 35.3 Å². The Hall–Kier alpha value is -3.73. The first-order valence-electron chi connectivity index (χ1n) is 12.6. The van der Waals surface area contributed by atoms with Crippen LogP contribution in [0.15, 0.2) is 53.6 Å². The van der Waals surface area contributed by atoms with Crippen molar-refractivity contribution in [3.8, 4) is 17.0 Å². The smallest absolute Gasteiger partial charge is 0.281 e. The predicted octanol–water partition coefficient (Wildman–Crippen LogP) is 4.01. The fourth-order valence-corrected chi connectivity index (χ4v) is 6.00. The van der Waals surface area contributed by atoms with Crippen LogP contribution in [0.5, 0.6) is 5.75 Å². The highest BCUT2D eigenvalue weighted by atomic mass is 32.2. The maximum absolute atomic E-state index is 14.5. The Balaban J connectivity index is 1.51. The molecule has 38 heavy (non-hydrogen) atoms. The number of sulfonamides is 1. The molecule has 2 fully saturated rings. The average Bonchev–Trinajstić information content (AvgIpc) is 3.51. The van der Waals surface area contributed by atoms with Crippen LogP contribution in [0.1, 0.15) is 43.5 Å². The molecule has 1 aliphatic heterocycles. The second kappa shape index (κ2) is 10.2. The molecule has 3 N–H and O–H groups in total. The number of carbonyl (C=O) groups is 1. The van der Waals surface area contributed by atoms with E-state index in [1.54, 1.807) is 12.1 Å². The van der Waals surface area contributed by atoms with Gasteiger partial charge in [0.15, 0.2) is 5.03 Å². The maximum Gasteiger partial charge on any atom is 0.281 e. The van der Waals surface area contributed by atoms with Crippen molar-refractivity contribution < 1.29 is 22.3 Å². The minimum absolute atomic E-state index is 0.0203. The molecule has 5 rings (SSSR count). The van der Waals surface area contributed by atoms with E-state index in [4.69, 9.17) is 15.5 Å². The van der Waals surface area contributed by atoms with E-state index >= 15 is 0 Å². The van der Waals surface area contributed by atoms with Crippen molar-refractivity contribution in [1.82, 2.24) is 14.7 Å². The molecule has 0 spiro atoms. The number of amides is 1. The summed E-state index contributed by atoms with van der Waals surface area (Å²) in [6, 6.07) is 11.9. The molecule has 1 amide bonds. The Kier molecular flexibility index (Phi) is 6.95. The minimum Gasteiger partial charge on any atom is -0.493 e. The predicted molar refractivity (Wildman–Crippen MR) is 142 cm³/mol. The minimum atomic E-state index is -4.27. The van der Waals surface area contributed by atoms with E-state index in [2.05, 4.69) is 14.6 Å². The SMILES string of the molecule is CC(C)COc1cc(F)cc(-c2ccc(C(=O)NS(=O)(=O)c3cccc(N)n3)c(N3C[C@H]4CC[C@@H]3C4)n2)c1. The summed E-state index contributed by atoms with van der Waals surface area (Å²) in [6.07, 6.45) is 3.07. The molecule has 200 valence electrons. The van der Waals surface area contributed by atoms with Gasteiger partial charge in [0.25, 0.3) is 15.9 Å². The Morgan fingerprint density at radius 2 is 2.00 bits per heavy atom. The van der Waals surface area contributed by atoms with Crippen molar-refractivity contribution >= 4 is 27.6 Å². The molecule has 2 bridgehead atoms. The summed E-state index contributed by atoms with van der Waals surface area (Å²) >= 11 is 0. The Labute approximate surface area is 221 Å². The Morgan fingerprint density at radius 1 is 1.18 bits per heavy atom. The van der Waals surface area contributed by atoms with Gasteiger partial charge in [-0.15, -0.1) is 0 Å². The number of halogens is 1. The van der Waals surface area contributed by atoms with Crippen LogP contribution in [0, 0.1) is 17.7 Å². The summed E-state index contributed by atoms with van der Waals surface area (Å²) in [7, 11) is -4.27. The summed E-state index contributed by atoms with van der Waals surface area (Å²) in [6.45, 7) is 5.17. The number of fused-ring (bicyclic) bond motifs is 2. The van der Waals surface area contributed by atoms with Gasteiger partial charge in [0.05, 0.1) is 17.9 Å². The number of hydrogen-bond acceptors (Lipinski definition) is 8. The zero-order valence-electron chi connectivity index (χ0n) is 21.2. The molecule has 2 aliphatic rings. The van der Waals surface area contributed by atoms with Crippen LogP contribution >= 0.6 is 0 Å². The first kappa shape index (κ1) is 25.9. The third-order valence-electron chi connectivity index (χ3n) is 6.80. The zero-order valence-corrected chi connectivity index (χ0v) is 22.0. The second-order valence-electron chi connectivity index (χ2n) is 10.3. The number of nitrogens with one attached hydrogen (secondary N) is 1. The van der Waals surface area contributed by atoms with E-state index < -0.39 is 21.7 Å². The van der Waals surface area contributed by atoms with Crippen molar-refractivity contribution in [2.75, 3.05) is 23.8 Å². The van der Waals surface area contributed by atoms with Crippen LogP contribution in [-0.2, 0) is 10.0 Å². The lowest BCUT2D eigenvalue weighted by atomic mass is 10.1. The largest absolute Gasteiger partial charge is 0.493 e. The van der Waals surface area contributed by atoms with Gasteiger partial charge in [-0.2, -0.15) is 8.42 Å². The lowest BCUT2D eigenvalue weighted by Gasteiger charge is -2.30. The highest BCUT2D eigenvalue weighted by molar-refractivity contribution is 7.90. The third-order valence-corrected chi connectivity index (χ3v) is 8.03. The van der Waals surface area contributed by atoms with Crippen LogP contribution in [0.3, 0.4) is 0 Å². The first-order valence-corrected chi connectivity index (χ1v) is 14.1. The zero-order chi connectivity index (χ0) is 27.0. The van der Waals surface area contributed by atoms with Crippen molar-refractivity contribution in [3.05, 3.63) is 59.9 Å². The number of ether oxygens (including phenoxy) is 1. The number of benzene rings is 1. The monoisotopic (exact) mass is 539 g/mol. The van der Waals surface area contributed by atoms with Gasteiger partial charge in [-0.25, -0.2) is 19.1 Å². The van der Waals surface area contributed by atoms with E-state index in [9.17, 15) is 17.6 Å². The van der Waals surface area contributed by atoms with Crippen molar-refractivity contribution in [1.29, 1.82) is 0 Å². The van der Waals surface area contributed by atoms with Gasteiger partial charge in [0.2, 0.25) is 0 Å². The molecule has 3 heterocycles. The van der Waals surface area contributed by atoms with Crippen LogP contribution in [0.2, 0.25) is 0 Å². The number of aromatic nitrogens is 2. The molecule has 2 atom stereocenters. The van der Waals surface area contributed by atoms with Crippen LogP contribution < -0.4 is 20.1 Å². The number of carbonyl (C=O) groups excluding carboxylic acids is 1. The normalized spacial score (nSPS) is 18.7. The van der Waals surface area contributed by atoms with Gasteiger partial charge in [0.1, 0.15) is 23.2 Å². The fourth-order valence-electron chi connectivity index (χ4n) is 5.06. The molecule has 9 nitrogen and oxygen atoms in total. The number of hydrogen-bond donors (Lipinski definition) is 2. The number of nitrogens with two attached hydrogens (primary N) is 1. The van der Waals surface area contributed by atoms with Gasteiger partial charge in [-0.1, -0.05) is 19.9 Å². The van der Waals surface area contributed by atoms with Crippen molar-refractivity contribution in [3.63, 3.8) is 0 Å². The number of rotatable bonds is 8. The summed E-state index contributed by atoms with van der Waals surface area (Å²) < 4.78 is 48.0. The van der Waals surface area contributed by atoms with Crippen LogP contribution in [0.25, 0.3) is 11.3 Å². The topological polar surface area (TPSA) is 128 Å². The van der Waals surface area contributed by atoms with Gasteiger partial charge in [-0.3, -0.25) is 4.79 Å². The Bertz CT molecular complexity index is 1480. The molecule has 2 aromatic heterocycles. The lowest BCUT2D eigenvalue weighted by molar-refractivity contribution is 0.0981. The second-order valence-corrected chi connectivity index (χ2v) is 11.9. The van der Waals surface area contributed by atoms with Crippen molar-refractivity contribution in [2.24, 2.45) is 11.8 Å². The van der Waals surface area contributed by atoms with Gasteiger partial charge in [0, 0.05) is 24.2 Å². The van der Waals surface area contributed by atoms with E-state index in [0.717, 1.165) is 25.8 Å².